The van der Waals surface area contributed by atoms with Gasteiger partial charge in [-0.3, -0.25) is 4.99 Å². The summed E-state index contributed by atoms with van der Waals surface area (Å²) in [5.41, 5.74) is 2.58. The summed E-state index contributed by atoms with van der Waals surface area (Å²) >= 11 is 0. The Morgan fingerprint density at radius 2 is 2.00 bits per heavy atom. The Hall–Kier alpha value is -1.97. The number of benzene rings is 1. The summed E-state index contributed by atoms with van der Waals surface area (Å²) < 4.78 is 0. The number of nitrogens with one attached hydrogen (secondary N) is 2. The maximum atomic E-state index is 4.49. The maximum Gasteiger partial charge on any atom is 0.193 e. The van der Waals surface area contributed by atoms with Crippen molar-refractivity contribution in [2.75, 3.05) is 26.7 Å². The van der Waals surface area contributed by atoms with E-state index in [1.807, 2.05) is 7.05 Å². The zero-order chi connectivity index (χ0) is 16.2. The first kappa shape index (κ1) is 15.9. The van der Waals surface area contributed by atoms with Crippen LogP contribution in [0.1, 0.15) is 25.8 Å². The van der Waals surface area contributed by atoms with Gasteiger partial charge in [-0.1, -0.05) is 32.0 Å². The molecule has 2 N–H and O–H groups in total. The SMILES string of the molecule is CN=C(NCCc1c[nH]c2ccccc12)N1CC(C)CC(C)C1. The molecule has 3 rings (SSSR count). The molecule has 0 bridgehead atoms. The van der Waals surface area contributed by atoms with Crippen molar-refractivity contribution in [3.8, 4) is 0 Å². The van der Waals surface area contributed by atoms with E-state index in [4.69, 9.17) is 0 Å². The first-order chi connectivity index (χ1) is 11.2. The van der Waals surface area contributed by atoms with Crippen molar-refractivity contribution in [1.29, 1.82) is 0 Å². The summed E-state index contributed by atoms with van der Waals surface area (Å²) in [4.78, 5) is 10.2. The lowest BCUT2D eigenvalue weighted by Gasteiger charge is -2.37. The molecule has 2 aromatic rings. The Labute approximate surface area is 139 Å². The number of fused-ring (bicyclic) bond motifs is 1. The van der Waals surface area contributed by atoms with E-state index in [9.17, 15) is 0 Å². The van der Waals surface area contributed by atoms with Crippen molar-refractivity contribution < 1.29 is 0 Å². The summed E-state index contributed by atoms with van der Waals surface area (Å²) in [5.74, 6) is 2.53. The van der Waals surface area contributed by atoms with Crippen LogP contribution >= 0.6 is 0 Å². The molecule has 1 aliphatic heterocycles. The molecule has 4 nitrogen and oxygen atoms in total. The monoisotopic (exact) mass is 312 g/mol. The van der Waals surface area contributed by atoms with Crippen LogP contribution in [-0.4, -0.2) is 42.5 Å². The van der Waals surface area contributed by atoms with Gasteiger partial charge in [-0.15, -0.1) is 0 Å². The van der Waals surface area contributed by atoms with Crippen LogP contribution in [0.4, 0.5) is 0 Å². The second-order valence-corrected chi connectivity index (χ2v) is 6.93. The smallest absolute Gasteiger partial charge is 0.193 e. The highest BCUT2D eigenvalue weighted by molar-refractivity contribution is 5.83. The lowest BCUT2D eigenvalue weighted by atomic mass is 9.92. The number of piperidine rings is 1. The molecule has 0 amide bonds. The Morgan fingerprint density at radius 1 is 1.26 bits per heavy atom. The summed E-state index contributed by atoms with van der Waals surface area (Å²) in [6.45, 7) is 7.80. The highest BCUT2D eigenvalue weighted by atomic mass is 15.3. The topological polar surface area (TPSA) is 43.4 Å². The predicted molar refractivity (Wildman–Crippen MR) is 97.9 cm³/mol. The Balaban J connectivity index is 1.58. The minimum atomic E-state index is 0.742. The molecule has 1 saturated heterocycles. The lowest BCUT2D eigenvalue weighted by molar-refractivity contribution is 0.208. The van der Waals surface area contributed by atoms with Gasteiger partial charge in [-0.2, -0.15) is 0 Å². The van der Waals surface area contributed by atoms with Gasteiger partial charge in [0.15, 0.2) is 5.96 Å². The van der Waals surface area contributed by atoms with Crippen molar-refractivity contribution in [1.82, 2.24) is 15.2 Å². The minimum absolute atomic E-state index is 0.742. The number of nitrogens with zero attached hydrogens (tertiary/aromatic N) is 2. The van der Waals surface area contributed by atoms with Crippen LogP contribution in [0.25, 0.3) is 10.9 Å². The number of para-hydroxylation sites is 1. The molecular formula is C19H28N4. The van der Waals surface area contributed by atoms with Crippen LogP contribution in [0.2, 0.25) is 0 Å². The lowest BCUT2D eigenvalue weighted by Crippen LogP contribution is -2.48. The summed E-state index contributed by atoms with van der Waals surface area (Å²) in [5, 5.41) is 4.87. The second kappa shape index (κ2) is 7.07. The fourth-order valence-corrected chi connectivity index (χ4v) is 3.82. The molecule has 1 aromatic heterocycles. The number of guanidine groups is 1. The van der Waals surface area contributed by atoms with Crippen LogP contribution in [0.15, 0.2) is 35.5 Å². The van der Waals surface area contributed by atoms with E-state index >= 15 is 0 Å². The summed E-state index contributed by atoms with van der Waals surface area (Å²) in [6.07, 6.45) is 4.45. The van der Waals surface area contributed by atoms with E-state index in [-0.39, 0.29) is 0 Å². The molecule has 2 atom stereocenters. The first-order valence-corrected chi connectivity index (χ1v) is 8.68. The van der Waals surface area contributed by atoms with Crippen molar-refractivity contribution in [3.05, 3.63) is 36.0 Å². The van der Waals surface area contributed by atoms with Gasteiger partial charge in [0.25, 0.3) is 0 Å². The zero-order valence-corrected chi connectivity index (χ0v) is 14.5. The summed E-state index contributed by atoms with van der Waals surface area (Å²) in [7, 11) is 1.89. The molecule has 124 valence electrons. The van der Waals surface area contributed by atoms with Gasteiger partial charge in [0.2, 0.25) is 0 Å². The third-order valence-electron chi connectivity index (χ3n) is 4.73. The van der Waals surface area contributed by atoms with E-state index in [0.29, 0.717) is 0 Å². The average Bonchev–Trinajstić information content (AvgIpc) is 2.94. The van der Waals surface area contributed by atoms with Crippen LogP contribution < -0.4 is 5.32 Å². The van der Waals surface area contributed by atoms with E-state index in [1.54, 1.807) is 0 Å². The van der Waals surface area contributed by atoms with Crippen molar-refractivity contribution in [2.45, 2.75) is 26.7 Å². The largest absolute Gasteiger partial charge is 0.361 e. The van der Waals surface area contributed by atoms with Crippen LogP contribution in [-0.2, 0) is 6.42 Å². The molecule has 1 aromatic carbocycles. The van der Waals surface area contributed by atoms with E-state index in [0.717, 1.165) is 43.9 Å². The highest BCUT2D eigenvalue weighted by Gasteiger charge is 2.23. The Morgan fingerprint density at radius 3 is 2.74 bits per heavy atom. The number of rotatable bonds is 3. The van der Waals surface area contributed by atoms with Crippen molar-refractivity contribution >= 4 is 16.9 Å². The fraction of sp³-hybridized carbons (Fsp3) is 0.526. The molecule has 0 spiro atoms. The molecule has 2 unspecified atom stereocenters. The highest BCUT2D eigenvalue weighted by Crippen LogP contribution is 2.21. The van der Waals surface area contributed by atoms with Gasteiger partial charge >= 0.3 is 0 Å². The molecule has 2 heterocycles. The number of aliphatic imine (C=N–C) groups is 1. The Kier molecular flexibility index (Phi) is 4.89. The molecule has 0 aliphatic carbocycles. The number of H-pyrrole nitrogens is 1. The zero-order valence-electron chi connectivity index (χ0n) is 14.5. The first-order valence-electron chi connectivity index (χ1n) is 8.68. The average molecular weight is 312 g/mol. The quantitative estimate of drug-likeness (QED) is 0.675. The molecule has 0 radical (unpaired) electrons. The van der Waals surface area contributed by atoms with E-state index in [1.165, 1.54) is 22.9 Å². The van der Waals surface area contributed by atoms with Crippen LogP contribution in [0.3, 0.4) is 0 Å². The molecule has 0 saturated carbocycles. The van der Waals surface area contributed by atoms with E-state index < -0.39 is 0 Å². The molecule has 23 heavy (non-hydrogen) atoms. The van der Waals surface area contributed by atoms with Crippen molar-refractivity contribution in [3.63, 3.8) is 0 Å². The van der Waals surface area contributed by atoms with Crippen LogP contribution in [0, 0.1) is 11.8 Å². The minimum Gasteiger partial charge on any atom is -0.361 e. The maximum absolute atomic E-state index is 4.49. The molecule has 1 aliphatic rings. The second-order valence-electron chi connectivity index (χ2n) is 6.93. The number of hydrogen-bond acceptors (Lipinski definition) is 1. The number of likely N-dealkylation sites (tertiary alicyclic amines) is 1. The fourth-order valence-electron chi connectivity index (χ4n) is 3.82. The number of aromatic nitrogens is 1. The standard InChI is InChI=1S/C19H28N4/c1-14-10-15(2)13-23(12-14)19(20-3)21-9-8-16-11-22-18-7-5-4-6-17(16)18/h4-7,11,14-15,22H,8-10,12-13H2,1-3H3,(H,20,21). The van der Waals surface area contributed by atoms with Gasteiger partial charge in [0.05, 0.1) is 0 Å². The Bertz CT molecular complexity index is 663. The predicted octanol–water partition coefficient (Wildman–Crippen LogP) is 3.26. The van der Waals surface area contributed by atoms with Gasteiger partial charge in [-0.05, 0) is 36.3 Å². The number of aromatic amines is 1. The molecular weight excluding hydrogens is 284 g/mol. The number of hydrogen-bond donors (Lipinski definition) is 2. The van der Waals surface area contributed by atoms with E-state index in [2.05, 4.69) is 64.5 Å². The van der Waals surface area contributed by atoms with Gasteiger partial charge in [0.1, 0.15) is 0 Å². The molecule has 1 fully saturated rings. The third kappa shape index (κ3) is 3.69. The third-order valence-corrected chi connectivity index (χ3v) is 4.73. The normalized spacial score (nSPS) is 22.6. The van der Waals surface area contributed by atoms with Crippen LogP contribution in [0.5, 0.6) is 0 Å². The van der Waals surface area contributed by atoms with Gasteiger partial charge in [-0.25, -0.2) is 0 Å². The molecule has 4 heteroatoms. The summed E-state index contributed by atoms with van der Waals surface area (Å²) in [6, 6.07) is 8.48. The van der Waals surface area contributed by atoms with Crippen molar-refractivity contribution in [2.24, 2.45) is 16.8 Å². The van der Waals surface area contributed by atoms with Gasteiger partial charge < -0.3 is 15.2 Å². The van der Waals surface area contributed by atoms with Gasteiger partial charge in [0, 0.05) is 43.8 Å².